The van der Waals surface area contributed by atoms with Crippen molar-refractivity contribution in [3.8, 4) is 0 Å². The zero-order chi connectivity index (χ0) is 13.9. The van der Waals surface area contributed by atoms with Gasteiger partial charge in [-0.05, 0) is 24.6 Å². The maximum Gasteiger partial charge on any atom is 0.416 e. The molecule has 0 aliphatic carbocycles. The van der Waals surface area contributed by atoms with E-state index in [-0.39, 0.29) is 5.69 Å². The predicted molar refractivity (Wildman–Crippen MR) is 63.4 cm³/mol. The van der Waals surface area contributed by atoms with Crippen LogP contribution in [0.2, 0.25) is 0 Å². The van der Waals surface area contributed by atoms with Crippen molar-refractivity contribution in [2.75, 3.05) is 5.73 Å². The monoisotopic (exact) mass is 279 g/mol. The van der Waals surface area contributed by atoms with Crippen LogP contribution in [0.5, 0.6) is 0 Å². The molecule has 1 unspecified atom stereocenters. The van der Waals surface area contributed by atoms with E-state index >= 15 is 0 Å². The van der Waals surface area contributed by atoms with Gasteiger partial charge in [-0.1, -0.05) is 6.92 Å². The summed E-state index contributed by atoms with van der Waals surface area (Å²) in [5, 5.41) is 8.15. The van der Waals surface area contributed by atoms with Gasteiger partial charge in [-0.3, -0.25) is 4.79 Å². The molecule has 1 aromatic rings. The summed E-state index contributed by atoms with van der Waals surface area (Å²) in [6.07, 6.45) is -4.09. The van der Waals surface area contributed by atoms with Gasteiger partial charge in [-0.2, -0.15) is 13.2 Å². The van der Waals surface area contributed by atoms with E-state index in [0.29, 0.717) is 11.3 Å². The highest BCUT2D eigenvalue weighted by Gasteiger charge is 2.31. The molecule has 0 saturated carbocycles. The van der Waals surface area contributed by atoms with E-state index in [0.717, 1.165) is 23.9 Å². The van der Waals surface area contributed by atoms with Crippen molar-refractivity contribution in [1.29, 1.82) is 0 Å². The van der Waals surface area contributed by atoms with Gasteiger partial charge in [0.15, 0.2) is 0 Å². The third-order valence-electron chi connectivity index (χ3n) is 2.25. The molecule has 1 rings (SSSR count). The van der Waals surface area contributed by atoms with Crippen molar-refractivity contribution < 1.29 is 23.1 Å². The molecule has 18 heavy (non-hydrogen) atoms. The number of halogens is 3. The minimum Gasteiger partial charge on any atom is -0.480 e. The Labute approximate surface area is 106 Å². The molecule has 1 aromatic carbocycles. The number of hydrogen-bond acceptors (Lipinski definition) is 3. The Morgan fingerprint density at radius 3 is 2.50 bits per heavy atom. The topological polar surface area (TPSA) is 63.3 Å². The highest BCUT2D eigenvalue weighted by molar-refractivity contribution is 8.00. The van der Waals surface area contributed by atoms with E-state index in [9.17, 15) is 18.0 Å². The molecule has 0 saturated heterocycles. The molecule has 0 aromatic heterocycles. The summed E-state index contributed by atoms with van der Waals surface area (Å²) in [6, 6.07) is 2.92. The number of nitrogens with two attached hydrogens (primary N) is 1. The Hall–Kier alpha value is -1.37. The number of nitrogen functional groups attached to an aromatic ring is 1. The molecular formula is C11H12F3NO2S. The van der Waals surface area contributed by atoms with Crippen molar-refractivity contribution in [2.45, 2.75) is 29.7 Å². The minimum atomic E-state index is -4.45. The maximum absolute atomic E-state index is 12.4. The van der Waals surface area contributed by atoms with Crippen molar-refractivity contribution in [1.82, 2.24) is 0 Å². The smallest absolute Gasteiger partial charge is 0.416 e. The van der Waals surface area contributed by atoms with E-state index in [2.05, 4.69) is 0 Å². The Kier molecular flexibility index (Phi) is 4.50. The van der Waals surface area contributed by atoms with Crippen LogP contribution in [-0.2, 0) is 11.0 Å². The molecule has 0 bridgehead atoms. The largest absolute Gasteiger partial charge is 0.480 e. The molecule has 1 atom stereocenters. The second-order valence-corrected chi connectivity index (χ2v) is 4.85. The van der Waals surface area contributed by atoms with E-state index < -0.39 is 23.0 Å². The first-order chi connectivity index (χ1) is 8.25. The number of aliphatic carboxylic acids is 1. The first-order valence-electron chi connectivity index (χ1n) is 5.12. The molecule has 0 aliphatic rings. The van der Waals surface area contributed by atoms with Crippen LogP contribution < -0.4 is 5.73 Å². The summed E-state index contributed by atoms with van der Waals surface area (Å²) >= 11 is 0.951. The zero-order valence-corrected chi connectivity index (χ0v) is 10.3. The molecule has 0 amide bonds. The SMILES string of the molecule is CCC(Sc1ccc(C(F)(F)F)cc1N)C(=O)O. The van der Waals surface area contributed by atoms with Gasteiger partial charge in [0.25, 0.3) is 0 Å². The second kappa shape index (κ2) is 5.51. The summed E-state index contributed by atoms with van der Waals surface area (Å²) < 4.78 is 37.2. The van der Waals surface area contributed by atoms with Crippen LogP contribution in [0.15, 0.2) is 23.1 Å². The predicted octanol–water partition coefficient (Wildman–Crippen LogP) is 3.24. The minimum absolute atomic E-state index is 0.0606. The normalized spacial score (nSPS) is 13.3. The Morgan fingerprint density at radius 2 is 2.11 bits per heavy atom. The van der Waals surface area contributed by atoms with Crippen LogP contribution in [0.1, 0.15) is 18.9 Å². The lowest BCUT2D eigenvalue weighted by molar-refractivity contribution is -0.138. The maximum atomic E-state index is 12.4. The average molecular weight is 279 g/mol. The molecule has 0 heterocycles. The van der Waals surface area contributed by atoms with Gasteiger partial charge in [0.2, 0.25) is 0 Å². The summed E-state index contributed by atoms with van der Waals surface area (Å²) in [6.45, 7) is 1.69. The molecule has 0 radical (unpaired) electrons. The molecular weight excluding hydrogens is 267 g/mol. The molecule has 3 nitrogen and oxygen atoms in total. The van der Waals surface area contributed by atoms with Gasteiger partial charge in [-0.15, -0.1) is 11.8 Å². The summed E-state index contributed by atoms with van der Waals surface area (Å²) in [5.74, 6) is -1.01. The Morgan fingerprint density at radius 1 is 1.50 bits per heavy atom. The number of alkyl halides is 3. The highest BCUT2D eigenvalue weighted by Crippen LogP contribution is 2.36. The van der Waals surface area contributed by atoms with Crippen molar-refractivity contribution in [3.63, 3.8) is 0 Å². The first-order valence-corrected chi connectivity index (χ1v) is 5.99. The number of carbonyl (C=O) groups is 1. The number of carboxylic acids is 1. The van der Waals surface area contributed by atoms with Crippen LogP contribution in [0.3, 0.4) is 0 Å². The van der Waals surface area contributed by atoms with Gasteiger partial charge >= 0.3 is 12.1 Å². The van der Waals surface area contributed by atoms with Crippen molar-refractivity contribution >= 4 is 23.4 Å². The lowest BCUT2D eigenvalue weighted by Crippen LogP contribution is -2.15. The number of benzene rings is 1. The van der Waals surface area contributed by atoms with E-state index in [1.807, 2.05) is 0 Å². The van der Waals surface area contributed by atoms with Crippen molar-refractivity contribution in [3.05, 3.63) is 23.8 Å². The lowest BCUT2D eigenvalue weighted by atomic mass is 10.2. The van der Waals surface area contributed by atoms with Crippen LogP contribution in [0, 0.1) is 0 Å². The average Bonchev–Trinajstić information content (AvgIpc) is 2.25. The molecule has 0 spiro atoms. The van der Waals surface area contributed by atoms with E-state index in [1.165, 1.54) is 6.07 Å². The van der Waals surface area contributed by atoms with Crippen LogP contribution in [0.4, 0.5) is 18.9 Å². The zero-order valence-electron chi connectivity index (χ0n) is 9.49. The van der Waals surface area contributed by atoms with Gasteiger partial charge in [-0.25, -0.2) is 0 Å². The Balaban J connectivity index is 2.96. The Bertz CT molecular complexity index is 448. The molecule has 0 fully saturated rings. The summed E-state index contributed by atoms with van der Waals surface area (Å²) in [4.78, 5) is 11.2. The fraction of sp³-hybridized carbons (Fsp3) is 0.364. The van der Waals surface area contributed by atoms with Crippen molar-refractivity contribution in [2.24, 2.45) is 0 Å². The number of hydrogen-bond donors (Lipinski definition) is 2. The van der Waals surface area contributed by atoms with Gasteiger partial charge in [0.1, 0.15) is 5.25 Å². The third kappa shape index (κ3) is 3.56. The fourth-order valence-electron chi connectivity index (χ4n) is 1.29. The highest BCUT2D eigenvalue weighted by atomic mass is 32.2. The van der Waals surface area contributed by atoms with Crippen LogP contribution >= 0.6 is 11.8 Å². The molecule has 3 N–H and O–H groups in total. The standard InChI is InChI=1S/C11H12F3NO2S/c1-2-8(10(16)17)18-9-4-3-6(5-7(9)15)11(12,13)14/h3-5,8H,2,15H2,1H3,(H,16,17). The van der Waals surface area contributed by atoms with Gasteiger partial charge in [0.05, 0.1) is 5.56 Å². The quantitative estimate of drug-likeness (QED) is 0.656. The third-order valence-corrected chi connectivity index (χ3v) is 3.70. The summed E-state index contributed by atoms with van der Waals surface area (Å²) in [5.41, 5.74) is 4.61. The van der Waals surface area contributed by atoms with Crippen LogP contribution in [0.25, 0.3) is 0 Å². The van der Waals surface area contributed by atoms with Crippen LogP contribution in [-0.4, -0.2) is 16.3 Å². The molecule has 7 heteroatoms. The van der Waals surface area contributed by atoms with Gasteiger partial charge < -0.3 is 10.8 Å². The number of anilines is 1. The summed E-state index contributed by atoms with van der Waals surface area (Å²) in [7, 11) is 0. The number of thioether (sulfide) groups is 1. The molecule has 100 valence electrons. The van der Waals surface area contributed by atoms with E-state index in [4.69, 9.17) is 10.8 Å². The first kappa shape index (κ1) is 14.7. The number of rotatable bonds is 4. The number of carboxylic acid groups (broad SMARTS) is 1. The molecule has 0 aliphatic heterocycles. The second-order valence-electron chi connectivity index (χ2n) is 3.60. The lowest BCUT2D eigenvalue weighted by Gasteiger charge is -2.13. The van der Waals surface area contributed by atoms with Gasteiger partial charge in [0, 0.05) is 10.6 Å². The fourth-order valence-corrected chi connectivity index (χ4v) is 2.21. The van der Waals surface area contributed by atoms with E-state index in [1.54, 1.807) is 6.92 Å².